The molecule has 2 N–H and O–H groups in total. The van der Waals surface area contributed by atoms with Crippen LogP contribution in [0.15, 0.2) is 71.9 Å². The highest BCUT2D eigenvalue weighted by Crippen LogP contribution is 2.22. The summed E-state index contributed by atoms with van der Waals surface area (Å²) in [5.41, 5.74) is 1.91. The molecule has 0 saturated carbocycles. The zero-order valence-corrected chi connectivity index (χ0v) is 13.0. The van der Waals surface area contributed by atoms with Gasteiger partial charge in [0.05, 0.1) is 23.9 Å². The lowest BCUT2D eigenvalue weighted by Crippen LogP contribution is -2.14. The highest BCUT2D eigenvalue weighted by molar-refractivity contribution is 6.05. The van der Waals surface area contributed by atoms with Gasteiger partial charge in [-0.05, 0) is 24.3 Å². The molecular weight excluding hydrogens is 318 g/mol. The van der Waals surface area contributed by atoms with Gasteiger partial charge in [0.2, 0.25) is 0 Å². The molecule has 122 valence electrons. The van der Waals surface area contributed by atoms with Crippen molar-refractivity contribution in [2.45, 2.75) is 0 Å². The topological polar surface area (TPSA) is 92.7 Å². The molecule has 4 rings (SSSR count). The number of carbonyl (C=O) groups is 1. The largest absolute Gasteiger partial charge is 0.320 e. The Balaban J connectivity index is 1.78. The maximum absolute atomic E-state index is 12.4. The molecule has 4 aromatic rings. The number of nitrogens with zero attached hydrogens (tertiary/aromatic N) is 3. The Morgan fingerprint density at radius 1 is 1.04 bits per heavy atom. The number of para-hydroxylation sites is 2. The standard InChI is InChI=1S/C18H13N5O2/c24-17(12-6-2-1-3-7-12)22-14-8-4-5-9-15(14)23-16-13(10-21-23)18(25)20-11-19-16/h1-11H,(H,22,24)(H,19,20,25). The summed E-state index contributed by atoms with van der Waals surface area (Å²) in [6.45, 7) is 0. The van der Waals surface area contributed by atoms with Gasteiger partial charge >= 0.3 is 0 Å². The van der Waals surface area contributed by atoms with Crippen LogP contribution in [-0.4, -0.2) is 25.7 Å². The van der Waals surface area contributed by atoms with Crippen LogP contribution in [-0.2, 0) is 0 Å². The molecule has 0 fully saturated rings. The number of aromatic nitrogens is 4. The normalized spacial score (nSPS) is 10.7. The predicted octanol–water partition coefficient (Wildman–Crippen LogP) is 2.36. The lowest BCUT2D eigenvalue weighted by molar-refractivity contribution is 0.102. The lowest BCUT2D eigenvalue weighted by atomic mass is 10.2. The van der Waals surface area contributed by atoms with Crippen molar-refractivity contribution >= 4 is 22.6 Å². The predicted molar refractivity (Wildman–Crippen MR) is 93.9 cm³/mol. The lowest BCUT2D eigenvalue weighted by Gasteiger charge is -2.11. The van der Waals surface area contributed by atoms with E-state index in [9.17, 15) is 9.59 Å². The first kappa shape index (κ1) is 14.8. The third-order valence-electron chi connectivity index (χ3n) is 3.79. The molecule has 1 amide bonds. The Morgan fingerprint density at radius 3 is 2.64 bits per heavy atom. The zero-order chi connectivity index (χ0) is 17.2. The number of rotatable bonds is 3. The first-order valence-corrected chi connectivity index (χ1v) is 7.61. The molecule has 0 radical (unpaired) electrons. The van der Waals surface area contributed by atoms with Crippen LogP contribution in [0.5, 0.6) is 0 Å². The van der Waals surface area contributed by atoms with Gasteiger partial charge in [0.1, 0.15) is 5.39 Å². The van der Waals surface area contributed by atoms with Gasteiger partial charge in [0.15, 0.2) is 5.65 Å². The number of fused-ring (bicyclic) bond motifs is 1. The third kappa shape index (κ3) is 2.67. The molecule has 0 saturated heterocycles. The summed E-state index contributed by atoms with van der Waals surface area (Å²) in [5, 5.41) is 7.51. The molecule has 0 bridgehead atoms. The van der Waals surface area contributed by atoms with Gasteiger partial charge in [-0.25, -0.2) is 9.67 Å². The second-order valence-corrected chi connectivity index (χ2v) is 5.36. The van der Waals surface area contributed by atoms with E-state index in [0.717, 1.165) is 0 Å². The minimum Gasteiger partial charge on any atom is -0.320 e. The second kappa shape index (κ2) is 6.04. The van der Waals surface area contributed by atoms with Crippen molar-refractivity contribution in [3.05, 3.63) is 83.0 Å². The molecule has 2 aromatic heterocycles. The van der Waals surface area contributed by atoms with E-state index in [2.05, 4.69) is 20.4 Å². The molecule has 0 spiro atoms. The van der Waals surface area contributed by atoms with Crippen LogP contribution in [0.25, 0.3) is 16.7 Å². The van der Waals surface area contributed by atoms with Gasteiger partial charge in [0, 0.05) is 5.56 Å². The molecule has 2 heterocycles. The smallest absolute Gasteiger partial charge is 0.261 e. The van der Waals surface area contributed by atoms with E-state index in [0.29, 0.717) is 28.0 Å². The molecular formula is C18H13N5O2. The fourth-order valence-electron chi connectivity index (χ4n) is 2.58. The Morgan fingerprint density at radius 2 is 1.80 bits per heavy atom. The van der Waals surface area contributed by atoms with Gasteiger partial charge in [-0.1, -0.05) is 30.3 Å². The van der Waals surface area contributed by atoms with E-state index in [1.54, 1.807) is 36.4 Å². The molecule has 7 heteroatoms. The van der Waals surface area contributed by atoms with Gasteiger partial charge in [-0.15, -0.1) is 0 Å². The summed E-state index contributed by atoms with van der Waals surface area (Å²) < 4.78 is 1.53. The van der Waals surface area contributed by atoms with E-state index in [4.69, 9.17) is 0 Å². The molecule has 0 unspecified atom stereocenters. The first-order chi connectivity index (χ1) is 12.2. The number of nitrogens with one attached hydrogen (secondary N) is 2. The number of amides is 1. The number of hydrogen-bond acceptors (Lipinski definition) is 4. The quantitative estimate of drug-likeness (QED) is 0.603. The minimum atomic E-state index is -0.262. The number of carbonyl (C=O) groups excluding carboxylic acids is 1. The van der Waals surface area contributed by atoms with Crippen molar-refractivity contribution in [1.29, 1.82) is 0 Å². The molecule has 25 heavy (non-hydrogen) atoms. The highest BCUT2D eigenvalue weighted by atomic mass is 16.1. The summed E-state index contributed by atoms with van der Waals surface area (Å²) in [4.78, 5) is 31.0. The van der Waals surface area contributed by atoms with Crippen LogP contribution < -0.4 is 10.9 Å². The molecule has 0 atom stereocenters. The fourth-order valence-corrected chi connectivity index (χ4v) is 2.58. The number of hydrogen-bond donors (Lipinski definition) is 2. The van der Waals surface area contributed by atoms with Gasteiger partial charge in [0.25, 0.3) is 11.5 Å². The summed E-state index contributed by atoms with van der Waals surface area (Å²) >= 11 is 0. The minimum absolute atomic E-state index is 0.227. The maximum Gasteiger partial charge on any atom is 0.261 e. The van der Waals surface area contributed by atoms with Crippen LogP contribution in [0, 0.1) is 0 Å². The maximum atomic E-state index is 12.4. The Bertz CT molecular complexity index is 1110. The SMILES string of the molecule is O=C(Nc1ccccc1-n1ncc2c(=O)[nH]cnc21)c1ccccc1. The molecule has 7 nitrogen and oxygen atoms in total. The van der Waals surface area contributed by atoms with Gasteiger partial charge < -0.3 is 10.3 Å². The Hall–Kier alpha value is -3.74. The van der Waals surface area contributed by atoms with Gasteiger partial charge in [-0.3, -0.25) is 9.59 Å². The van der Waals surface area contributed by atoms with Crippen molar-refractivity contribution in [2.24, 2.45) is 0 Å². The molecule has 0 aliphatic heterocycles. The van der Waals surface area contributed by atoms with E-state index in [1.807, 2.05) is 18.2 Å². The summed E-state index contributed by atoms with van der Waals surface area (Å²) in [7, 11) is 0. The summed E-state index contributed by atoms with van der Waals surface area (Å²) in [5.74, 6) is -0.227. The van der Waals surface area contributed by atoms with Crippen molar-refractivity contribution < 1.29 is 4.79 Å². The molecule has 2 aromatic carbocycles. The van der Waals surface area contributed by atoms with Crippen molar-refractivity contribution in [1.82, 2.24) is 19.7 Å². The first-order valence-electron chi connectivity index (χ1n) is 7.61. The summed E-state index contributed by atoms with van der Waals surface area (Å²) in [6.07, 6.45) is 2.78. The average Bonchev–Trinajstić information content (AvgIpc) is 3.08. The highest BCUT2D eigenvalue weighted by Gasteiger charge is 2.14. The monoisotopic (exact) mass is 331 g/mol. The Labute approximate surface area is 142 Å². The van der Waals surface area contributed by atoms with Crippen LogP contribution in [0.3, 0.4) is 0 Å². The number of H-pyrrole nitrogens is 1. The summed E-state index contributed by atoms with van der Waals surface area (Å²) in [6, 6.07) is 16.2. The zero-order valence-electron chi connectivity index (χ0n) is 13.0. The third-order valence-corrected chi connectivity index (χ3v) is 3.79. The number of anilines is 1. The molecule has 0 aliphatic rings. The van der Waals surface area contributed by atoms with E-state index in [-0.39, 0.29) is 11.5 Å². The average molecular weight is 331 g/mol. The number of benzene rings is 2. The van der Waals surface area contributed by atoms with Crippen LogP contribution in [0.1, 0.15) is 10.4 Å². The Kier molecular flexibility index (Phi) is 3.59. The van der Waals surface area contributed by atoms with Gasteiger partial charge in [-0.2, -0.15) is 5.10 Å². The number of aromatic amines is 1. The van der Waals surface area contributed by atoms with Crippen LogP contribution in [0.4, 0.5) is 5.69 Å². The van der Waals surface area contributed by atoms with Crippen LogP contribution >= 0.6 is 0 Å². The van der Waals surface area contributed by atoms with Crippen LogP contribution in [0.2, 0.25) is 0 Å². The van der Waals surface area contributed by atoms with Crippen molar-refractivity contribution in [2.75, 3.05) is 5.32 Å². The fraction of sp³-hybridized carbons (Fsp3) is 0. The van der Waals surface area contributed by atoms with Crippen molar-refractivity contribution in [3.63, 3.8) is 0 Å². The molecule has 0 aliphatic carbocycles. The van der Waals surface area contributed by atoms with Crippen molar-refractivity contribution in [3.8, 4) is 5.69 Å². The van der Waals surface area contributed by atoms with E-state index < -0.39 is 0 Å². The van der Waals surface area contributed by atoms with E-state index >= 15 is 0 Å². The van der Waals surface area contributed by atoms with E-state index in [1.165, 1.54) is 17.2 Å². The second-order valence-electron chi connectivity index (χ2n) is 5.36.